The van der Waals surface area contributed by atoms with Crippen molar-refractivity contribution in [2.24, 2.45) is 11.8 Å². The predicted molar refractivity (Wildman–Crippen MR) is 87.5 cm³/mol. The van der Waals surface area contributed by atoms with Crippen molar-refractivity contribution in [1.82, 2.24) is 14.9 Å². The zero-order chi connectivity index (χ0) is 15.6. The molecule has 4 rings (SSSR count). The molecule has 2 atom stereocenters. The van der Waals surface area contributed by atoms with E-state index in [1.54, 1.807) is 6.33 Å². The summed E-state index contributed by atoms with van der Waals surface area (Å²) in [6.45, 7) is 6.85. The van der Waals surface area contributed by atoms with Gasteiger partial charge in [0.2, 0.25) is 0 Å². The Morgan fingerprint density at radius 3 is 2.65 bits per heavy atom. The first-order valence-corrected chi connectivity index (χ1v) is 8.81. The molecule has 3 heterocycles. The SMILES string of the molecule is OCC1CN(c2cc(C3CC3)ncn2)CC1CN1CCOCC1. The molecule has 2 saturated heterocycles. The van der Waals surface area contributed by atoms with Crippen molar-refractivity contribution >= 4 is 5.82 Å². The molecule has 126 valence electrons. The highest BCUT2D eigenvalue weighted by atomic mass is 16.5. The molecule has 0 spiro atoms. The number of hydrogen-bond donors (Lipinski definition) is 1. The Bertz CT molecular complexity index is 531. The van der Waals surface area contributed by atoms with E-state index in [2.05, 4.69) is 25.8 Å². The first-order valence-electron chi connectivity index (χ1n) is 8.81. The van der Waals surface area contributed by atoms with Gasteiger partial charge in [-0.3, -0.25) is 4.90 Å². The Kier molecular flexibility index (Phi) is 4.46. The summed E-state index contributed by atoms with van der Waals surface area (Å²) in [6, 6.07) is 2.16. The molecule has 0 amide bonds. The summed E-state index contributed by atoms with van der Waals surface area (Å²) in [5.74, 6) is 2.51. The van der Waals surface area contributed by atoms with Crippen molar-refractivity contribution in [2.45, 2.75) is 18.8 Å². The van der Waals surface area contributed by atoms with E-state index in [-0.39, 0.29) is 6.61 Å². The van der Waals surface area contributed by atoms with Crippen LogP contribution in [0.15, 0.2) is 12.4 Å². The van der Waals surface area contributed by atoms with E-state index in [4.69, 9.17) is 4.74 Å². The van der Waals surface area contributed by atoms with Gasteiger partial charge >= 0.3 is 0 Å². The number of morpholine rings is 1. The maximum atomic E-state index is 9.78. The molecule has 6 heteroatoms. The zero-order valence-electron chi connectivity index (χ0n) is 13.6. The molecule has 0 aromatic carbocycles. The summed E-state index contributed by atoms with van der Waals surface area (Å²) < 4.78 is 5.43. The van der Waals surface area contributed by atoms with E-state index in [0.29, 0.717) is 17.8 Å². The van der Waals surface area contributed by atoms with Crippen LogP contribution >= 0.6 is 0 Å². The third-order valence-electron chi connectivity index (χ3n) is 5.40. The fraction of sp³-hybridized carbons (Fsp3) is 0.765. The third kappa shape index (κ3) is 3.49. The normalized spacial score (nSPS) is 29.2. The van der Waals surface area contributed by atoms with Gasteiger partial charge in [0.05, 0.1) is 13.2 Å². The first-order chi connectivity index (χ1) is 11.3. The lowest BCUT2D eigenvalue weighted by Gasteiger charge is -2.30. The van der Waals surface area contributed by atoms with Crippen LogP contribution in [0.4, 0.5) is 5.82 Å². The molecule has 23 heavy (non-hydrogen) atoms. The van der Waals surface area contributed by atoms with Crippen molar-refractivity contribution in [1.29, 1.82) is 0 Å². The van der Waals surface area contributed by atoms with E-state index >= 15 is 0 Å². The van der Waals surface area contributed by atoms with E-state index in [0.717, 1.165) is 51.8 Å². The molecule has 2 unspecified atom stereocenters. The van der Waals surface area contributed by atoms with Crippen LogP contribution < -0.4 is 4.90 Å². The second-order valence-corrected chi connectivity index (χ2v) is 7.10. The van der Waals surface area contributed by atoms with Crippen molar-refractivity contribution in [3.05, 3.63) is 18.1 Å². The van der Waals surface area contributed by atoms with E-state index in [1.807, 2.05) is 0 Å². The van der Waals surface area contributed by atoms with Crippen LogP contribution in [0.3, 0.4) is 0 Å². The molecule has 1 N–H and O–H groups in total. The number of hydrogen-bond acceptors (Lipinski definition) is 6. The van der Waals surface area contributed by atoms with Crippen LogP contribution in [0.2, 0.25) is 0 Å². The lowest BCUT2D eigenvalue weighted by atomic mass is 9.96. The Balaban J connectivity index is 1.43. The van der Waals surface area contributed by atoms with E-state index in [1.165, 1.54) is 18.5 Å². The Labute approximate surface area is 137 Å². The standard InChI is InChI=1S/C17H26N4O2/c22-11-15-10-21(9-14(15)8-20-3-5-23-6-4-20)17-7-16(13-1-2-13)18-12-19-17/h7,12-15,22H,1-6,8-11H2. The number of aliphatic hydroxyl groups excluding tert-OH is 1. The molecule has 0 bridgehead atoms. The number of ether oxygens (including phenoxy) is 1. The minimum absolute atomic E-state index is 0.256. The van der Waals surface area contributed by atoms with Crippen molar-refractivity contribution in [2.75, 3.05) is 57.4 Å². The Morgan fingerprint density at radius 2 is 1.91 bits per heavy atom. The molecular formula is C17H26N4O2. The minimum Gasteiger partial charge on any atom is -0.396 e. The number of anilines is 1. The monoisotopic (exact) mass is 318 g/mol. The predicted octanol–water partition coefficient (Wildman–Crippen LogP) is 0.731. The quantitative estimate of drug-likeness (QED) is 0.864. The maximum absolute atomic E-state index is 9.78. The van der Waals surface area contributed by atoms with Crippen molar-refractivity contribution in [3.63, 3.8) is 0 Å². The highest BCUT2D eigenvalue weighted by Gasteiger charge is 2.35. The third-order valence-corrected chi connectivity index (χ3v) is 5.40. The fourth-order valence-electron chi connectivity index (χ4n) is 3.79. The minimum atomic E-state index is 0.256. The summed E-state index contributed by atoms with van der Waals surface area (Å²) in [4.78, 5) is 13.7. The smallest absolute Gasteiger partial charge is 0.132 e. The van der Waals surface area contributed by atoms with Crippen LogP contribution in [-0.4, -0.2) is 72.5 Å². The van der Waals surface area contributed by atoms with Gasteiger partial charge in [0, 0.05) is 62.9 Å². The molecule has 1 aliphatic carbocycles. The van der Waals surface area contributed by atoms with Crippen LogP contribution in [0.1, 0.15) is 24.5 Å². The molecular weight excluding hydrogens is 292 g/mol. The summed E-state index contributed by atoms with van der Waals surface area (Å²) >= 11 is 0. The van der Waals surface area contributed by atoms with Crippen LogP contribution in [0, 0.1) is 11.8 Å². The maximum Gasteiger partial charge on any atom is 0.132 e. The number of aromatic nitrogens is 2. The van der Waals surface area contributed by atoms with Gasteiger partial charge in [-0.25, -0.2) is 9.97 Å². The molecule has 3 aliphatic rings. The second-order valence-electron chi connectivity index (χ2n) is 7.10. The van der Waals surface area contributed by atoms with Crippen LogP contribution in [-0.2, 0) is 4.74 Å². The summed E-state index contributed by atoms with van der Waals surface area (Å²) in [6.07, 6.45) is 4.22. The number of nitrogens with zero attached hydrogens (tertiary/aromatic N) is 4. The highest BCUT2D eigenvalue weighted by molar-refractivity contribution is 5.42. The van der Waals surface area contributed by atoms with Gasteiger partial charge in [-0.15, -0.1) is 0 Å². The van der Waals surface area contributed by atoms with Crippen LogP contribution in [0.5, 0.6) is 0 Å². The van der Waals surface area contributed by atoms with E-state index < -0.39 is 0 Å². The van der Waals surface area contributed by atoms with Crippen molar-refractivity contribution in [3.8, 4) is 0 Å². The molecule has 3 fully saturated rings. The topological polar surface area (TPSA) is 61.7 Å². The summed E-state index contributed by atoms with van der Waals surface area (Å²) in [5.41, 5.74) is 1.19. The molecule has 2 aliphatic heterocycles. The van der Waals surface area contributed by atoms with Gasteiger partial charge < -0.3 is 14.7 Å². The number of aliphatic hydroxyl groups is 1. The zero-order valence-corrected chi connectivity index (χ0v) is 13.6. The summed E-state index contributed by atoms with van der Waals surface area (Å²) in [5, 5.41) is 9.78. The number of rotatable bonds is 5. The van der Waals surface area contributed by atoms with Gasteiger partial charge in [-0.1, -0.05) is 0 Å². The van der Waals surface area contributed by atoms with Gasteiger partial charge in [0.25, 0.3) is 0 Å². The van der Waals surface area contributed by atoms with Gasteiger partial charge in [-0.05, 0) is 18.8 Å². The van der Waals surface area contributed by atoms with Crippen molar-refractivity contribution < 1.29 is 9.84 Å². The van der Waals surface area contributed by atoms with E-state index in [9.17, 15) is 5.11 Å². The molecule has 0 radical (unpaired) electrons. The highest BCUT2D eigenvalue weighted by Crippen LogP contribution is 2.40. The molecule has 1 aromatic heterocycles. The molecule has 1 saturated carbocycles. The average molecular weight is 318 g/mol. The molecule has 1 aromatic rings. The lowest BCUT2D eigenvalue weighted by Crippen LogP contribution is -2.41. The largest absolute Gasteiger partial charge is 0.396 e. The van der Waals surface area contributed by atoms with Crippen LogP contribution in [0.25, 0.3) is 0 Å². The molecule has 6 nitrogen and oxygen atoms in total. The lowest BCUT2D eigenvalue weighted by molar-refractivity contribution is 0.0268. The average Bonchev–Trinajstić information content (AvgIpc) is 3.37. The first kappa shape index (κ1) is 15.3. The fourth-order valence-corrected chi connectivity index (χ4v) is 3.79. The van der Waals surface area contributed by atoms with Gasteiger partial charge in [0.1, 0.15) is 12.1 Å². The Hall–Kier alpha value is -1.24. The summed E-state index contributed by atoms with van der Waals surface area (Å²) in [7, 11) is 0. The van der Waals surface area contributed by atoms with Gasteiger partial charge in [-0.2, -0.15) is 0 Å². The second kappa shape index (κ2) is 6.71. The Morgan fingerprint density at radius 1 is 1.13 bits per heavy atom. The van der Waals surface area contributed by atoms with Gasteiger partial charge in [0.15, 0.2) is 0 Å².